The molecule has 4 nitrogen and oxygen atoms in total. The molecule has 0 spiro atoms. The first-order chi connectivity index (χ1) is 11.6. The van der Waals surface area contributed by atoms with Crippen LogP contribution in [0.25, 0.3) is 0 Å². The number of amides is 1. The van der Waals surface area contributed by atoms with Crippen LogP contribution in [-0.4, -0.2) is 24.6 Å². The summed E-state index contributed by atoms with van der Waals surface area (Å²) in [6.07, 6.45) is 1.35. The number of carbonyl (C=O) groups is 1. The lowest BCUT2D eigenvalue weighted by Gasteiger charge is -2.36. The molecule has 1 aromatic heterocycles. The lowest BCUT2D eigenvalue weighted by atomic mass is 9.90. The van der Waals surface area contributed by atoms with Gasteiger partial charge in [-0.15, -0.1) is 11.3 Å². The Morgan fingerprint density at radius 3 is 2.54 bits per heavy atom. The minimum atomic E-state index is -0.786. The van der Waals surface area contributed by atoms with Crippen molar-refractivity contribution in [1.29, 1.82) is 0 Å². The molecule has 0 aliphatic carbocycles. The van der Waals surface area contributed by atoms with Crippen molar-refractivity contribution < 1.29 is 9.53 Å². The second-order valence-electron chi connectivity index (χ2n) is 6.37. The van der Waals surface area contributed by atoms with E-state index in [0.29, 0.717) is 19.4 Å². The number of hydrogen-bond donors (Lipinski definition) is 2. The van der Waals surface area contributed by atoms with Gasteiger partial charge in [-0.2, -0.15) is 0 Å². The van der Waals surface area contributed by atoms with Gasteiger partial charge in [-0.3, -0.25) is 4.79 Å². The fourth-order valence-corrected chi connectivity index (χ4v) is 3.79. The summed E-state index contributed by atoms with van der Waals surface area (Å²) in [5.74, 6) is 0.738. The highest BCUT2D eigenvalue weighted by molar-refractivity contribution is 7.10. The van der Waals surface area contributed by atoms with E-state index in [0.717, 1.165) is 18.8 Å². The summed E-state index contributed by atoms with van der Waals surface area (Å²) in [6, 6.07) is 9.98. The highest BCUT2D eigenvalue weighted by Crippen LogP contribution is 2.27. The molecule has 2 N–H and O–H groups in total. The Labute approximate surface area is 147 Å². The van der Waals surface area contributed by atoms with Crippen LogP contribution in [-0.2, 0) is 11.3 Å². The molecule has 3 rings (SSSR count). The molecule has 1 fully saturated rings. The zero-order valence-electron chi connectivity index (χ0n) is 14.2. The number of carbonyl (C=O) groups excluding carboxylic acids is 1. The van der Waals surface area contributed by atoms with Crippen molar-refractivity contribution in [3.63, 3.8) is 0 Å². The van der Waals surface area contributed by atoms with Gasteiger partial charge in [0.15, 0.2) is 5.60 Å². The number of aryl methyl sites for hydroxylation is 2. The molecular weight excluding hydrogens is 320 g/mol. The highest BCUT2D eigenvalue weighted by atomic mass is 32.1. The van der Waals surface area contributed by atoms with Gasteiger partial charge in [0.25, 0.3) is 5.91 Å². The number of piperidine rings is 1. The van der Waals surface area contributed by atoms with Crippen molar-refractivity contribution in [3.8, 4) is 5.75 Å². The maximum absolute atomic E-state index is 12.9. The minimum absolute atomic E-state index is 0.0163. The molecule has 128 valence electrons. The van der Waals surface area contributed by atoms with Gasteiger partial charge in [-0.1, -0.05) is 17.7 Å². The molecule has 1 aliphatic rings. The summed E-state index contributed by atoms with van der Waals surface area (Å²) in [5.41, 5.74) is 1.62. The van der Waals surface area contributed by atoms with Crippen LogP contribution in [0, 0.1) is 13.8 Å². The van der Waals surface area contributed by atoms with E-state index in [9.17, 15) is 4.79 Å². The van der Waals surface area contributed by atoms with E-state index in [4.69, 9.17) is 4.74 Å². The van der Waals surface area contributed by atoms with Crippen LogP contribution >= 0.6 is 11.3 Å². The molecule has 5 heteroatoms. The van der Waals surface area contributed by atoms with Crippen LogP contribution in [0.4, 0.5) is 0 Å². The normalized spacial score (nSPS) is 16.6. The Morgan fingerprint density at radius 1 is 1.21 bits per heavy atom. The summed E-state index contributed by atoms with van der Waals surface area (Å²) in [7, 11) is 0. The first-order valence-corrected chi connectivity index (χ1v) is 9.25. The zero-order chi connectivity index (χ0) is 17.0. The van der Waals surface area contributed by atoms with Gasteiger partial charge in [-0.05, 0) is 56.1 Å². The summed E-state index contributed by atoms with van der Waals surface area (Å²) in [6.45, 7) is 6.25. The van der Waals surface area contributed by atoms with Crippen LogP contribution < -0.4 is 15.4 Å². The van der Waals surface area contributed by atoms with Crippen molar-refractivity contribution in [1.82, 2.24) is 10.6 Å². The average Bonchev–Trinajstić information content (AvgIpc) is 3.01. The Balaban J connectivity index is 1.73. The molecule has 0 radical (unpaired) electrons. The molecule has 2 aromatic rings. The zero-order valence-corrected chi connectivity index (χ0v) is 15.0. The average molecular weight is 344 g/mol. The fraction of sp³-hybridized carbons (Fsp3) is 0.421. The van der Waals surface area contributed by atoms with Gasteiger partial charge >= 0.3 is 0 Å². The highest BCUT2D eigenvalue weighted by Gasteiger charge is 2.42. The fourth-order valence-electron chi connectivity index (χ4n) is 2.94. The van der Waals surface area contributed by atoms with Crippen LogP contribution in [0.2, 0.25) is 0 Å². The Hall–Kier alpha value is -1.85. The SMILES string of the molecule is Cc1ccc(OC2(C(=O)NCc3sccc3C)CCNCC2)cc1. The molecule has 24 heavy (non-hydrogen) atoms. The van der Waals surface area contributed by atoms with Crippen LogP contribution in [0.15, 0.2) is 35.7 Å². The summed E-state index contributed by atoms with van der Waals surface area (Å²) >= 11 is 1.67. The maximum atomic E-state index is 12.9. The van der Waals surface area contributed by atoms with Crippen molar-refractivity contribution in [2.45, 2.75) is 38.8 Å². The first-order valence-electron chi connectivity index (χ1n) is 8.37. The van der Waals surface area contributed by atoms with E-state index in [1.54, 1.807) is 11.3 Å². The molecule has 0 saturated carbocycles. The molecule has 1 amide bonds. The van der Waals surface area contributed by atoms with E-state index in [1.807, 2.05) is 31.2 Å². The predicted molar refractivity (Wildman–Crippen MR) is 97.5 cm³/mol. The molecule has 1 saturated heterocycles. The van der Waals surface area contributed by atoms with Gasteiger partial charge in [0, 0.05) is 17.7 Å². The second-order valence-corrected chi connectivity index (χ2v) is 7.37. The van der Waals surface area contributed by atoms with E-state index in [-0.39, 0.29) is 5.91 Å². The minimum Gasteiger partial charge on any atom is -0.477 e. The smallest absolute Gasteiger partial charge is 0.264 e. The number of hydrogen-bond acceptors (Lipinski definition) is 4. The van der Waals surface area contributed by atoms with Gasteiger partial charge in [0.1, 0.15) is 5.75 Å². The predicted octanol–water partition coefficient (Wildman–Crippen LogP) is 3.18. The van der Waals surface area contributed by atoms with Crippen LogP contribution in [0.1, 0.15) is 28.8 Å². The molecule has 0 atom stereocenters. The Kier molecular flexibility index (Phi) is 5.21. The number of ether oxygens (including phenoxy) is 1. The lowest BCUT2D eigenvalue weighted by Crippen LogP contribution is -2.56. The van der Waals surface area contributed by atoms with Crippen molar-refractivity contribution in [3.05, 3.63) is 51.7 Å². The van der Waals surface area contributed by atoms with E-state index in [2.05, 4.69) is 29.0 Å². The van der Waals surface area contributed by atoms with E-state index < -0.39 is 5.60 Å². The molecule has 2 heterocycles. The number of rotatable bonds is 5. The standard InChI is InChI=1S/C19H24N2O2S/c1-14-3-5-16(6-4-14)23-19(8-10-20-11-9-19)18(22)21-13-17-15(2)7-12-24-17/h3-7,12,20H,8-11,13H2,1-2H3,(H,21,22). The number of benzene rings is 1. The van der Waals surface area contributed by atoms with Gasteiger partial charge in [-0.25, -0.2) is 0 Å². The molecule has 1 aromatic carbocycles. The third-order valence-corrected chi connectivity index (χ3v) is 5.56. The van der Waals surface area contributed by atoms with E-state index in [1.165, 1.54) is 16.0 Å². The topological polar surface area (TPSA) is 50.4 Å². The van der Waals surface area contributed by atoms with Gasteiger partial charge in [0.05, 0.1) is 6.54 Å². The largest absolute Gasteiger partial charge is 0.477 e. The lowest BCUT2D eigenvalue weighted by molar-refractivity contribution is -0.139. The van der Waals surface area contributed by atoms with Crippen LogP contribution in [0.3, 0.4) is 0 Å². The first kappa shape index (κ1) is 17.0. The monoisotopic (exact) mass is 344 g/mol. The second kappa shape index (κ2) is 7.36. The Morgan fingerprint density at radius 2 is 1.92 bits per heavy atom. The summed E-state index contributed by atoms with van der Waals surface area (Å²) in [5, 5.41) is 8.45. The molecular formula is C19H24N2O2S. The van der Waals surface area contributed by atoms with Crippen molar-refractivity contribution >= 4 is 17.2 Å². The quantitative estimate of drug-likeness (QED) is 0.876. The third-order valence-electron chi connectivity index (χ3n) is 4.54. The molecule has 1 aliphatic heterocycles. The summed E-state index contributed by atoms with van der Waals surface area (Å²) in [4.78, 5) is 14.1. The maximum Gasteiger partial charge on any atom is 0.264 e. The third kappa shape index (κ3) is 3.79. The van der Waals surface area contributed by atoms with Gasteiger partial charge in [0.2, 0.25) is 0 Å². The Bertz CT molecular complexity index is 688. The molecule has 0 unspecified atom stereocenters. The summed E-state index contributed by atoms with van der Waals surface area (Å²) < 4.78 is 6.21. The number of thiophene rings is 1. The van der Waals surface area contributed by atoms with Gasteiger partial charge < -0.3 is 15.4 Å². The number of nitrogens with one attached hydrogen (secondary N) is 2. The van der Waals surface area contributed by atoms with E-state index >= 15 is 0 Å². The van der Waals surface area contributed by atoms with Crippen molar-refractivity contribution in [2.24, 2.45) is 0 Å². The van der Waals surface area contributed by atoms with Crippen molar-refractivity contribution in [2.75, 3.05) is 13.1 Å². The molecule has 0 bridgehead atoms. The van der Waals surface area contributed by atoms with Crippen LogP contribution in [0.5, 0.6) is 5.75 Å².